The summed E-state index contributed by atoms with van der Waals surface area (Å²) in [5.41, 5.74) is 3.26. The summed E-state index contributed by atoms with van der Waals surface area (Å²) in [6, 6.07) is 14.0. The van der Waals surface area contributed by atoms with Crippen LogP contribution >= 0.6 is 0 Å². The molecule has 0 radical (unpaired) electrons. The first-order chi connectivity index (χ1) is 12.6. The lowest BCUT2D eigenvalue weighted by Gasteiger charge is -2.36. The second kappa shape index (κ2) is 8.13. The van der Waals surface area contributed by atoms with Crippen molar-refractivity contribution in [3.63, 3.8) is 0 Å². The number of anilines is 1. The number of hydrogen-bond donors (Lipinski definition) is 0. The molecule has 0 saturated carbocycles. The van der Waals surface area contributed by atoms with Gasteiger partial charge in [-0.3, -0.25) is 4.79 Å². The van der Waals surface area contributed by atoms with Gasteiger partial charge in [0, 0.05) is 31.9 Å². The van der Waals surface area contributed by atoms with Crippen LogP contribution in [0.5, 0.6) is 11.5 Å². The minimum absolute atomic E-state index is 0.184. The fraction of sp³-hybridized carbons (Fsp3) is 0.381. The minimum atomic E-state index is 0.184. The van der Waals surface area contributed by atoms with Crippen molar-refractivity contribution in [3.8, 4) is 11.5 Å². The van der Waals surface area contributed by atoms with E-state index in [2.05, 4.69) is 17.0 Å². The molecule has 0 aliphatic carbocycles. The third-order valence-corrected chi connectivity index (χ3v) is 4.88. The molecule has 0 atom stereocenters. The number of methoxy groups -OCH3 is 2. The molecule has 1 amide bonds. The Kier molecular flexibility index (Phi) is 5.66. The monoisotopic (exact) mass is 354 g/mol. The van der Waals surface area contributed by atoms with Crippen LogP contribution in [-0.2, 0) is 11.2 Å². The van der Waals surface area contributed by atoms with Gasteiger partial charge in [0.05, 0.1) is 20.6 Å². The van der Waals surface area contributed by atoms with Crippen molar-refractivity contribution in [3.05, 3.63) is 53.6 Å². The molecule has 2 aromatic rings. The van der Waals surface area contributed by atoms with E-state index in [-0.39, 0.29) is 5.91 Å². The van der Waals surface area contributed by atoms with Crippen molar-refractivity contribution >= 4 is 11.6 Å². The number of rotatable bonds is 5. The number of carbonyl (C=O) groups excluding carboxylic acids is 1. The molecule has 0 aromatic heterocycles. The zero-order valence-corrected chi connectivity index (χ0v) is 15.7. The van der Waals surface area contributed by atoms with Crippen LogP contribution in [0, 0.1) is 6.92 Å². The third kappa shape index (κ3) is 4.10. The lowest BCUT2D eigenvalue weighted by molar-refractivity contribution is -0.130. The summed E-state index contributed by atoms with van der Waals surface area (Å²) in [6.45, 7) is 5.19. The SMILES string of the molecule is COc1ccc(N2CCN(C(=O)Cc3ccc(OC)c(C)c3)CC2)cc1. The lowest BCUT2D eigenvalue weighted by atomic mass is 10.1. The van der Waals surface area contributed by atoms with Crippen LogP contribution in [0.2, 0.25) is 0 Å². The molecule has 0 spiro atoms. The maximum absolute atomic E-state index is 12.6. The Bertz CT molecular complexity index is 750. The van der Waals surface area contributed by atoms with Gasteiger partial charge in [0.2, 0.25) is 5.91 Å². The van der Waals surface area contributed by atoms with Crippen LogP contribution in [0.25, 0.3) is 0 Å². The van der Waals surface area contributed by atoms with E-state index in [1.54, 1.807) is 14.2 Å². The number of carbonyl (C=O) groups is 1. The molecule has 0 unspecified atom stereocenters. The summed E-state index contributed by atoms with van der Waals surface area (Å²) < 4.78 is 10.5. The van der Waals surface area contributed by atoms with Gasteiger partial charge in [0.25, 0.3) is 0 Å². The first-order valence-electron chi connectivity index (χ1n) is 8.91. The van der Waals surface area contributed by atoms with Gasteiger partial charge in [-0.25, -0.2) is 0 Å². The van der Waals surface area contributed by atoms with Crippen molar-refractivity contribution < 1.29 is 14.3 Å². The fourth-order valence-corrected chi connectivity index (χ4v) is 3.34. The van der Waals surface area contributed by atoms with E-state index < -0.39 is 0 Å². The topological polar surface area (TPSA) is 42.0 Å². The molecular weight excluding hydrogens is 328 g/mol. The third-order valence-electron chi connectivity index (χ3n) is 4.88. The van der Waals surface area contributed by atoms with Gasteiger partial charge in [-0.2, -0.15) is 0 Å². The highest BCUT2D eigenvalue weighted by molar-refractivity contribution is 5.79. The molecule has 1 heterocycles. The fourth-order valence-electron chi connectivity index (χ4n) is 3.34. The molecule has 2 aromatic carbocycles. The standard InChI is InChI=1S/C21H26N2O3/c1-16-14-17(4-9-20(16)26-3)15-21(24)23-12-10-22(11-13-23)18-5-7-19(25-2)8-6-18/h4-9,14H,10-13,15H2,1-3H3. The maximum atomic E-state index is 12.6. The number of amides is 1. The summed E-state index contributed by atoms with van der Waals surface area (Å²) in [4.78, 5) is 16.9. The Labute approximate surface area is 155 Å². The van der Waals surface area contributed by atoms with Crippen LogP contribution in [0.3, 0.4) is 0 Å². The number of ether oxygens (including phenoxy) is 2. The number of benzene rings is 2. The van der Waals surface area contributed by atoms with Gasteiger partial charge >= 0.3 is 0 Å². The van der Waals surface area contributed by atoms with Gasteiger partial charge in [-0.1, -0.05) is 12.1 Å². The van der Waals surface area contributed by atoms with Gasteiger partial charge in [-0.15, -0.1) is 0 Å². The van der Waals surface area contributed by atoms with Crippen LogP contribution in [0.1, 0.15) is 11.1 Å². The Morgan fingerprint density at radius 1 is 0.962 bits per heavy atom. The van der Waals surface area contributed by atoms with Crippen LogP contribution in [0.15, 0.2) is 42.5 Å². The molecular formula is C21H26N2O3. The summed E-state index contributed by atoms with van der Waals surface area (Å²) >= 11 is 0. The van der Waals surface area contributed by atoms with E-state index >= 15 is 0 Å². The van der Waals surface area contributed by atoms with Gasteiger partial charge in [0.1, 0.15) is 11.5 Å². The van der Waals surface area contributed by atoms with Crippen LogP contribution in [0.4, 0.5) is 5.69 Å². The van der Waals surface area contributed by atoms with Gasteiger partial charge in [0.15, 0.2) is 0 Å². The average molecular weight is 354 g/mol. The van der Waals surface area contributed by atoms with Crippen LogP contribution in [-0.4, -0.2) is 51.2 Å². The van der Waals surface area contributed by atoms with Crippen molar-refractivity contribution in [1.82, 2.24) is 4.90 Å². The lowest BCUT2D eigenvalue weighted by Crippen LogP contribution is -2.49. The molecule has 26 heavy (non-hydrogen) atoms. The minimum Gasteiger partial charge on any atom is -0.497 e. The van der Waals surface area contributed by atoms with Crippen molar-refractivity contribution in [1.29, 1.82) is 0 Å². The largest absolute Gasteiger partial charge is 0.497 e. The van der Waals surface area contributed by atoms with Crippen molar-refractivity contribution in [2.75, 3.05) is 45.3 Å². The quantitative estimate of drug-likeness (QED) is 0.828. The van der Waals surface area contributed by atoms with E-state index in [0.717, 1.165) is 48.8 Å². The molecule has 5 nitrogen and oxygen atoms in total. The van der Waals surface area contributed by atoms with Gasteiger partial charge < -0.3 is 19.3 Å². The van der Waals surface area contributed by atoms with Crippen molar-refractivity contribution in [2.45, 2.75) is 13.3 Å². The summed E-state index contributed by atoms with van der Waals surface area (Å²) in [5, 5.41) is 0. The zero-order chi connectivity index (χ0) is 18.5. The number of hydrogen-bond acceptors (Lipinski definition) is 4. The molecule has 1 aliphatic rings. The molecule has 3 rings (SSSR count). The van der Waals surface area contributed by atoms with E-state index in [4.69, 9.17) is 9.47 Å². The first-order valence-corrected chi connectivity index (χ1v) is 8.91. The molecule has 138 valence electrons. The first kappa shape index (κ1) is 18.1. The van der Waals surface area contributed by atoms with E-state index in [1.807, 2.05) is 42.2 Å². The highest BCUT2D eigenvalue weighted by Gasteiger charge is 2.21. The zero-order valence-electron chi connectivity index (χ0n) is 15.7. The number of nitrogens with zero attached hydrogens (tertiary/aromatic N) is 2. The Hall–Kier alpha value is -2.69. The second-order valence-electron chi connectivity index (χ2n) is 6.55. The molecule has 1 saturated heterocycles. The Balaban J connectivity index is 1.55. The van der Waals surface area contributed by atoms with Crippen LogP contribution < -0.4 is 14.4 Å². The maximum Gasteiger partial charge on any atom is 0.227 e. The molecule has 1 aliphatic heterocycles. The Morgan fingerprint density at radius 3 is 2.23 bits per heavy atom. The number of aryl methyl sites for hydroxylation is 1. The average Bonchev–Trinajstić information content (AvgIpc) is 2.68. The molecule has 0 bridgehead atoms. The van der Waals surface area contributed by atoms with Gasteiger partial charge in [-0.05, 0) is 48.4 Å². The predicted octanol–water partition coefficient (Wildman–Crippen LogP) is 2.90. The van der Waals surface area contributed by atoms with E-state index in [0.29, 0.717) is 6.42 Å². The summed E-state index contributed by atoms with van der Waals surface area (Å²) in [5.74, 6) is 1.90. The van der Waals surface area contributed by atoms with E-state index in [1.165, 1.54) is 5.69 Å². The highest BCUT2D eigenvalue weighted by atomic mass is 16.5. The molecule has 1 fully saturated rings. The molecule has 0 N–H and O–H groups in total. The smallest absolute Gasteiger partial charge is 0.227 e. The normalized spacial score (nSPS) is 14.3. The highest BCUT2D eigenvalue weighted by Crippen LogP contribution is 2.22. The summed E-state index contributed by atoms with van der Waals surface area (Å²) in [7, 11) is 3.33. The summed E-state index contributed by atoms with van der Waals surface area (Å²) in [6.07, 6.45) is 0.438. The second-order valence-corrected chi connectivity index (χ2v) is 6.55. The number of piperazine rings is 1. The Morgan fingerprint density at radius 2 is 1.65 bits per heavy atom. The molecule has 5 heteroatoms. The van der Waals surface area contributed by atoms with E-state index in [9.17, 15) is 4.79 Å². The van der Waals surface area contributed by atoms with Crippen molar-refractivity contribution in [2.24, 2.45) is 0 Å². The predicted molar refractivity (Wildman–Crippen MR) is 103 cm³/mol.